The van der Waals surface area contributed by atoms with Gasteiger partial charge in [-0.05, 0) is 27.7 Å². The van der Waals surface area contributed by atoms with E-state index in [1.807, 2.05) is 27.7 Å². The zero-order chi connectivity index (χ0) is 20.1. The summed E-state index contributed by atoms with van der Waals surface area (Å²) in [5.74, 6) is -1.27. The summed E-state index contributed by atoms with van der Waals surface area (Å²) < 4.78 is 34.5. The van der Waals surface area contributed by atoms with Gasteiger partial charge in [-0.2, -0.15) is 0 Å². The predicted molar refractivity (Wildman–Crippen MR) is 90.3 cm³/mol. The van der Waals surface area contributed by atoms with Crippen LogP contribution < -0.4 is 0 Å². The van der Waals surface area contributed by atoms with Gasteiger partial charge in [-0.25, -0.2) is 0 Å². The highest BCUT2D eigenvalue weighted by molar-refractivity contribution is 5.66. The third-order valence-electron chi connectivity index (χ3n) is 5.40. The average Bonchev–Trinajstić information content (AvgIpc) is 2.89. The van der Waals surface area contributed by atoms with Crippen molar-refractivity contribution in [3.8, 4) is 0 Å². The second-order valence-corrected chi connectivity index (χ2v) is 8.03. The van der Waals surface area contributed by atoms with Gasteiger partial charge in [-0.1, -0.05) is 6.92 Å². The van der Waals surface area contributed by atoms with E-state index in [4.69, 9.17) is 28.4 Å². The summed E-state index contributed by atoms with van der Waals surface area (Å²) in [6.07, 6.45) is -7.34. The predicted octanol–water partition coefficient (Wildman–Crippen LogP) is 0.302. The number of hydrogen-bond acceptors (Lipinski definition) is 9. The molecule has 0 aromatic heterocycles. The molecular formula is C18H30O9. The molecule has 3 saturated heterocycles. The van der Waals surface area contributed by atoms with Gasteiger partial charge in [0.15, 0.2) is 24.5 Å². The molecule has 0 amide bonds. The molecular weight excluding hydrogens is 360 g/mol. The monoisotopic (exact) mass is 390 g/mol. The first-order valence-electron chi connectivity index (χ1n) is 9.35. The minimum atomic E-state index is -1.47. The third kappa shape index (κ3) is 4.14. The van der Waals surface area contributed by atoms with Gasteiger partial charge in [-0.15, -0.1) is 0 Å². The van der Waals surface area contributed by atoms with E-state index in [0.29, 0.717) is 0 Å². The van der Waals surface area contributed by atoms with Gasteiger partial charge in [0.05, 0.1) is 18.3 Å². The maximum absolute atomic E-state index is 11.5. The fourth-order valence-corrected chi connectivity index (χ4v) is 3.89. The molecule has 0 aromatic rings. The van der Waals surface area contributed by atoms with Crippen LogP contribution in [0.3, 0.4) is 0 Å². The smallest absolute Gasteiger partial charge is 0.303 e. The highest BCUT2D eigenvalue weighted by atomic mass is 16.8. The summed E-state index contributed by atoms with van der Waals surface area (Å²) in [5.41, 5.74) is 0. The maximum atomic E-state index is 11.5. The van der Waals surface area contributed by atoms with Crippen LogP contribution in [0.15, 0.2) is 0 Å². The number of esters is 1. The van der Waals surface area contributed by atoms with Crippen LogP contribution >= 0.6 is 0 Å². The molecule has 5 unspecified atom stereocenters. The first kappa shape index (κ1) is 20.9. The van der Waals surface area contributed by atoms with Crippen LogP contribution in [0.5, 0.6) is 0 Å². The van der Waals surface area contributed by atoms with Gasteiger partial charge in [0.2, 0.25) is 0 Å². The van der Waals surface area contributed by atoms with Gasteiger partial charge in [0.25, 0.3) is 0 Å². The molecule has 3 heterocycles. The molecule has 9 heteroatoms. The Bertz CT molecular complexity index is 553. The molecule has 0 spiro atoms. The molecule has 0 aliphatic carbocycles. The van der Waals surface area contributed by atoms with Crippen LogP contribution in [-0.4, -0.2) is 77.3 Å². The minimum Gasteiger partial charge on any atom is -0.457 e. The molecule has 3 aliphatic rings. The van der Waals surface area contributed by atoms with Gasteiger partial charge in [-0.3, -0.25) is 4.79 Å². The first-order valence-corrected chi connectivity index (χ1v) is 9.35. The van der Waals surface area contributed by atoms with E-state index in [1.165, 1.54) is 6.92 Å². The molecule has 10 atom stereocenters. The van der Waals surface area contributed by atoms with Crippen LogP contribution in [0.1, 0.15) is 41.5 Å². The molecule has 3 fully saturated rings. The number of carbonyl (C=O) groups excluding carboxylic acids is 1. The summed E-state index contributed by atoms with van der Waals surface area (Å²) in [6, 6.07) is 0. The van der Waals surface area contributed by atoms with E-state index in [9.17, 15) is 15.0 Å². The molecule has 156 valence electrons. The van der Waals surface area contributed by atoms with Crippen LogP contribution in [0.4, 0.5) is 0 Å². The lowest BCUT2D eigenvalue weighted by molar-refractivity contribution is -0.339. The van der Waals surface area contributed by atoms with Gasteiger partial charge >= 0.3 is 5.97 Å². The van der Waals surface area contributed by atoms with E-state index in [-0.39, 0.29) is 18.1 Å². The fourth-order valence-electron chi connectivity index (χ4n) is 3.89. The van der Waals surface area contributed by atoms with E-state index in [0.717, 1.165) is 0 Å². The van der Waals surface area contributed by atoms with Crippen molar-refractivity contribution in [2.24, 2.45) is 5.92 Å². The SMILES string of the molecule is CC(=O)O[C@H]1C(C)OC(O)[C@H](O)C1O[C@@H]1OC(C)[C@H](C)[C@@H]2OC(C)(C)OC12. The topological polar surface area (TPSA) is 113 Å². The highest BCUT2D eigenvalue weighted by Gasteiger charge is 2.56. The Kier molecular flexibility index (Phi) is 5.85. The van der Waals surface area contributed by atoms with Crippen LogP contribution in [0, 0.1) is 5.92 Å². The highest BCUT2D eigenvalue weighted by Crippen LogP contribution is 2.41. The fraction of sp³-hybridized carbons (Fsp3) is 0.944. The normalized spacial score (nSPS) is 49.5. The van der Waals surface area contributed by atoms with Crippen molar-refractivity contribution in [2.45, 2.75) is 103 Å². The molecule has 3 rings (SSSR count). The third-order valence-corrected chi connectivity index (χ3v) is 5.40. The van der Waals surface area contributed by atoms with Crippen molar-refractivity contribution in [2.75, 3.05) is 0 Å². The Morgan fingerprint density at radius 1 is 0.963 bits per heavy atom. The number of ether oxygens (including phenoxy) is 6. The summed E-state index contributed by atoms with van der Waals surface area (Å²) >= 11 is 0. The zero-order valence-corrected chi connectivity index (χ0v) is 16.5. The van der Waals surface area contributed by atoms with Gasteiger partial charge in [0.1, 0.15) is 18.3 Å². The van der Waals surface area contributed by atoms with E-state index < -0.39 is 54.9 Å². The van der Waals surface area contributed by atoms with Crippen molar-refractivity contribution in [1.82, 2.24) is 0 Å². The van der Waals surface area contributed by atoms with E-state index in [1.54, 1.807) is 6.92 Å². The van der Waals surface area contributed by atoms with Gasteiger partial charge in [0, 0.05) is 12.8 Å². The standard InChI is InChI=1S/C18H30O9/c1-7-8(2)23-17(15-12(7)26-18(5,6)27-15)25-14-11(20)16(21)22-9(3)13(14)24-10(4)19/h7-9,11-17,20-21H,1-6H3/t7-,8?,9?,11+,12-,13-,14?,15?,16?,17-/m0/s1. The van der Waals surface area contributed by atoms with Crippen molar-refractivity contribution in [1.29, 1.82) is 0 Å². The number of hydrogen-bond donors (Lipinski definition) is 2. The van der Waals surface area contributed by atoms with Crippen LogP contribution in [0.2, 0.25) is 0 Å². The number of aliphatic hydroxyl groups is 2. The molecule has 0 aromatic carbocycles. The number of rotatable bonds is 3. The Hall–Kier alpha value is -0.810. The first-order chi connectivity index (χ1) is 12.5. The summed E-state index contributed by atoms with van der Waals surface area (Å²) in [7, 11) is 0. The Morgan fingerprint density at radius 3 is 2.22 bits per heavy atom. The van der Waals surface area contributed by atoms with Crippen molar-refractivity contribution < 1.29 is 43.4 Å². The summed E-state index contributed by atoms with van der Waals surface area (Å²) in [6.45, 7) is 10.4. The van der Waals surface area contributed by atoms with E-state index in [2.05, 4.69) is 0 Å². The zero-order valence-electron chi connectivity index (χ0n) is 16.5. The largest absolute Gasteiger partial charge is 0.457 e. The lowest BCUT2D eigenvalue weighted by Gasteiger charge is -2.45. The Morgan fingerprint density at radius 2 is 1.59 bits per heavy atom. The minimum absolute atomic E-state index is 0.0741. The van der Waals surface area contributed by atoms with Crippen molar-refractivity contribution >= 4 is 5.97 Å². The summed E-state index contributed by atoms with van der Waals surface area (Å²) in [4.78, 5) is 11.5. The molecule has 27 heavy (non-hydrogen) atoms. The maximum Gasteiger partial charge on any atom is 0.303 e. The van der Waals surface area contributed by atoms with Crippen molar-refractivity contribution in [3.63, 3.8) is 0 Å². The van der Waals surface area contributed by atoms with Crippen LogP contribution in [0.25, 0.3) is 0 Å². The Balaban J connectivity index is 1.82. The second kappa shape index (κ2) is 7.55. The molecule has 0 radical (unpaired) electrons. The lowest BCUT2D eigenvalue weighted by Crippen LogP contribution is -2.62. The lowest BCUT2D eigenvalue weighted by atomic mass is 9.91. The number of fused-ring (bicyclic) bond motifs is 1. The Labute approximate surface area is 158 Å². The van der Waals surface area contributed by atoms with Crippen LogP contribution in [-0.2, 0) is 33.2 Å². The molecule has 9 nitrogen and oxygen atoms in total. The molecule has 3 aliphatic heterocycles. The second-order valence-electron chi connectivity index (χ2n) is 8.03. The molecule has 2 N–H and O–H groups in total. The quantitative estimate of drug-likeness (QED) is 0.657. The van der Waals surface area contributed by atoms with Gasteiger partial charge < -0.3 is 38.6 Å². The summed E-state index contributed by atoms with van der Waals surface area (Å²) in [5, 5.41) is 20.4. The van der Waals surface area contributed by atoms with E-state index >= 15 is 0 Å². The molecule has 0 saturated carbocycles. The average molecular weight is 390 g/mol. The molecule has 0 bridgehead atoms. The number of aliphatic hydroxyl groups excluding tert-OH is 2. The number of carbonyl (C=O) groups is 1. The van der Waals surface area contributed by atoms with Crippen molar-refractivity contribution in [3.05, 3.63) is 0 Å².